The van der Waals surface area contributed by atoms with E-state index in [2.05, 4.69) is 15.4 Å². The van der Waals surface area contributed by atoms with Crippen molar-refractivity contribution in [3.05, 3.63) is 23.8 Å². The summed E-state index contributed by atoms with van der Waals surface area (Å²) in [6, 6.07) is 5.23. The van der Waals surface area contributed by atoms with Crippen LogP contribution < -0.4 is 15.4 Å². The monoisotopic (exact) mass is 292 g/mol. The molecule has 0 saturated carbocycles. The zero-order valence-electron chi connectivity index (χ0n) is 12.0. The second-order valence-electron chi connectivity index (χ2n) is 4.85. The lowest BCUT2D eigenvalue weighted by atomic mass is 10.0. The first kappa shape index (κ1) is 14.8. The van der Waals surface area contributed by atoms with Gasteiger partial charge in [-0.15, -0.1) is 0 Å². The topological polar surface area (TPSA) is 93.7 Å². The molecule has 0 aromatic heterocycles. The molecular weight excluding hydrogens is 276 g/mol. The molecule has 1 aliphatic heterocycles. The maximum absolute atomic E-state index is 12.1. The summed E-state index contributed by atoms with van der Waals surface area (Å²) in [6.07, 6.45) is 0. The van der Waals surface area contributed by atoms with Gasteiger partial charge >= 0.3 is 5.97 Å². The first-order valence-corrected chi connectivity index (χ1v) is 6.33. The van der Waals surface area contributed by atoms with Crippen LogP contribution in [-0.2, 0) is 19.1 Å². The fourth-order valence-electron chi connectivity index (χ4n) is 1.88. The van der Waals surface area contributed by atoms with Crippen LogP contribution in [0.1, 0.15) is 12.5 Å². The minimum absolute atomic E-state index is 0.331. The number of ether oxygens (including phenoxy) is 2. The maximum atomic E-state index is 12.1. The number of hydrogen-bond donors (Lipinski definition) is 2. The van der Waals surface area contributed by atoms with Crippen LogP contribution in [0.25, 0.3) is 0 Å². The lowest BCUT2D eigenvalue weighted by Gasteiger charge is -2.33. The molecule has 1 atom stereocenters. The van der Waals surface area contributed by atoms with Gasteiger partial charge in [0.1, 0.15) is 12.3 Å². The third-order valence-corrected chi connectivity index (χ3v) is 3.18. The van der Waals surface area contributed by atoms with E-state index >= 15 is 0 Å². The largest absolute Gasteiger partial charge is 0.468 e. The standard InChI is InChI=1S/C14H16N2O5/c1-8-4-5-10-9(6-8)16-13(19)14(2,21-10)12(18)15-7-11(17)20-3/h4-6H,7H2,1-3H3,(H,15,18)(H,16,19)/t14-/m0/s1. The predicted octanol–water partition coefficient (Wildman–Crippen LogP) is 0.374. The van der Waals surface area contributed by atoms with Crippen molar-refractivity contribution in [2.24, 2.45) is 0 Å². The highest BCUT2D eigenvalue weighted by Crippen LogP contribution is 2.34. The molecule has 0 saturated heterocycles. The van der Waals surface area contributed by atoms with Crippen molar-refractivity contribution in [2.75, 3.05) is 19.0 Å². The smallest absolute Gasteiger partial charge is 0.325 e. The van der Waals surface area contributed by atoms with Crippen LogP contribution in [0.2, 0.25) is 0 Å². The molecule has 0 aliphatic carbocycles. The van der Waals surface area contributed by atoms with Crippen LogP contribution in [0.5, 0.6) is 5.75 Å². The average molecular weight is 292 g/mol. The highest BCUT2D eigenvalue weighted by molar-refractivity contribution is 6.15. The Kier molecular flexibility index (Phi) is 3.84. The van der Waals surface area contributed by atoms with E-state index in [1.54, 1.807) is 12.1 Å². The van der Waals surface area contributed by atoms with E-state index in [0.29, 0.717) is 11.4 Å². The van der Waals surface area contributed by atoms with E-state index in [0.717, 1.165) is 5.56 Å². The highest BCUT2D eigenvalue weighted by atomic mass is 16.5. The Morgan fingerprint density at radius 1 is 1.43 bits per heavy atom. The molecule has 0 radical (unpaired) electrons. The molecule has 2 N–H and O–H groups in total. The summed E-state index contributed by atoms with van der Waals surface area (Å²) in [6.45, 7) is 2.89. The summed E-state index contributed by atoms with van der Waals surface area (Å²) in [5.74, 6) is -1.52. The summed E-state index contributed by atoms with van der Waals surface area (Å²) >= 11 is 0. The molecule has 1 heterocycles. The molecule has 7 heteroatoms. The van der Waals surface area contributed by atoms with Crippen molar-refractivity contribution < 1.29 is 23.9 Å². The normalized spacial score (nSPS) is 19.9. The number of carbonyl (C=O) groups excluding carboxylic acids is 3. The number of benzene rings is 1. The Balaban J connectivity index is 2.19. The third kappa shape index (κ3) is 2.81. The zero-order chi connectivity index (χ0) is 15.6. The predicted molar refractivity (Wildman–Crippen MR) is 73.9 cm³/mol. The molecule has 2 rings (SSSR count). The Morgan fingerprint density at radius 2 is 2.14 bits per heavy atom. The minimum Gasteiger partial charge on any atom is -0.468 e. The van der Waals surface area contributed by atoms with Gasteiger partial charge in [0, 0.05) is 0 Å². The summed E-state index contributed by atoms with van der Waals surface area (Å²) in [5.41, 5.74) is -0.273. The van der Waals surface area contributed by atoms with Crippen molar-refractivity contribution in [1.82, 2.24) is 5.32 Å². The van der Waals surface area contributed by atoms with Crippen LogP contribution in [0, 0.1) is 6.92 Å². The van der Waals surface area contributed by atoms with E-state index in [4.69, 9.17) is 4.74 Å². The number of carbonyl (C=O) groups is 3. The molecule has 0 bridgehead atoms. The first-order valence-electron chi connectivity index (χ1n) is 6.33. The van der Waals surface area contributed by atoms with Crippen molar-refractivity contribution >= 4 is 23.5 Å². The van der Waals surface area contributed by atoms with Crippen LogP contribution in [0.15, 0.2) is 18.2 Å². The van der Waals surface area contributed by atoms with Gasteiger partial charge in [-0.2, -0.15) is 0 Å². The lowest BCUT2D eigenvalue weighted by Crippen LogP contribution is -2.59. The van der Waals surface area contributed by atoms with Crippen molar-refractivity contribution in [2.45, 2.75) is 19.4 Å². The molecule has 2 amide bonds. The molecule has 0 unspecified atom stereocenters. The number of aryl methyl sites for hydroxylation is 1. The summed E-state index contributed by atoms with van der Waals surface area (Å²) in [4.78, 5) is 35.3. The molecule has 1 aromatic rings. The van der Waals surface area contributed by atoms with Crippen LogP contribution in [0.4, 0.5) is 5.69 Å². The van der Waals surface area contributed by atoms with Crippen molar-refractivity contribution in [3.63, 3.8) is 0 Å². The Hall–Kier alpha value is -2.57. The van der Waals surface area contributed by atoms with Gasteiger partial charge in [0.25, 0.3) is 17.4 Å². The zero-order valence-corrected chi connectivity index (χ0v) is 12.0. The Bertz CT molecular complexity index is 613. The average Bonchev–Trinajstić information content (AvgIpc) is 2.45. The van der Waals surface area contributed by atoms with E-state index in [1.807, 2.05) is 13.0 Å². The van der Waals surface area contributed by atoms with Gasteiger partial charge < -0.3 is 20.1 Å². The summed E-state index contributed by atoms with van der Waals surface area (Å²) in [7, 11) is 1.21. The highest BCUT2D eigenvalue weighted by Gasteiger charge is 2.47. The third-order valence-electron chi connectivity index (χ3n) is 3.18. The molecule has 1 aromatic carbocycles. The number of nitrogens with one attached hydrogen (secondary N) is 2. The number of fused-ring (bicyclic) bond motifs is 1. The van der Waals surface area contributed by atoms with Crippen LogP contribution in [0.3, 0.4) is 0 Å². The van der Waals surface area contributed by atoms with Gasteiger partial charge in [0.15, 0.2) is 0 Å². The lowest BCUT2D eigenvalue weighted by molar-refractivity contribution is -0.149. The van der Waals surface area contributed by atoms with Gasteiger partial charge in [-0.05, 0) is 31.5 Å². The second-order valence-corrected chi connectivity index (χ2v) is 4.85. The van der Waals surface area contributed by atoms with Gasteiger partial charge in [-0.25, -0.2) is 0 Å². The number of anilines is 1. The minimum atomic E-state index is -1.74. The van der Waals surface area contributed by atoms with E-state index < -0.39 is 23.4 Å². The SMILES string of the molecule is COC(=O)CNC(=O)[C@]1(C)Oc2ccc(C)cc2NC1=O. The second kappa shape index (κ2) is 5.43. The quantitative estimate of drug-likeness (QED) is 0.620. The molecule has 0 spiro atoms. The summed E-state index contributed by atoms with van der Waals surface area (Å²) < 4.78 is 9.96. The summed E-state index contributed by atoms with van der Waals surface area (Å²) in [5, 5.41) is 4.95. The number of esters is 1. The Morgan fingerprint density at radius 3 is 2.81 bits per heavy atom. The van der Waals surface area contributed by atoms with E-state index in [-0.39, 0.29) is 6.54 Å². The molecule has 112 valence electrons. The first-order chi connectivity index (χ1) is 9.86. The van der Waals surface area contributed by atoms with Crippen molar-refractivity contribution in [1.29, 1.82) is 0 Å². The Labute approximate surface area is 121 Å². The van der Waals surface area contributed by atoms with Gasteiger partial charge in [-0.3, -0.25) is 14.4 Å². The number of hydrogen-bond acceptors (Lipinski definition) is 5. The number of rotatable bonds is 3. The van der Waals surface area contributed by atoms with Crippen molar-refractivity contribution in [3.8, 4) is 5.75 Å². The molecule has 1 aliphatic rings. The molecule has 0 fully saturated rings. The van der Waals surface area contributed by atoms with Gasteiger partial charge in [0.05, 0.1) is 12.8 Å². The molecular formula is C14H16N2O5. The number of methoxy groups -OCH3 is 1. The maximum Gasteiger partial charge on any atom is 0.325 e. The number of amides is 2. The van der Waals surface area contributed by atoms with Crippen LogP contribution >= 0.6 is 0 Å². The van der Waals surface area contributed by atoms with Crippen LogP contribution in [-0.4, -0.2) is 37.0 Å². The fourth-order valence-corrected chi connectivity index (χ4v) is 1.88. The fraction of sp³-hybridized carbons (Fsp3) is 0.357. The van der Waals surface area contributed by atoms with E-state index in [9.17, 15) is 14.4 Å². The molecule has 7 nitrogen and oxygen atoms in total. The van der Waals surface area contributed by atoms with Gasteiger partial charge in [-0.1, -0.05) is 6.07 Å². The van der Waals surface area contributed by atoms with Gasteiger partial charge in [0.2, 0.25) is 0 Å². The van der Waals surface area contributed by atoms with E-state index in [1.165, 1.54) is 14.0 Å². The molecule has 21 heavy (non-hydrogen) atoms.